The van der Waals surface area contributed by atoms with Gasteiger partial charge in [0.1, 0.15) is 12.3 Å². The first-order valence-electron chi connectivity index (χ1n) is 11.5. The lowest BCUT2D eigenvalue weighted by Crippen LogP contribution is -2.39. The van der Waals surface area contributed by atoms with Crippen LogP contribution in [0.15, 0.2) is 47.6 Å². The Morgan fingerprint density at radius 3 is 2.37 bits per heavy atom. The van der Waals surface area contributed by atoms with E-state index in [9.17, 15) is 18.0 Å². The van der Waals surface area contributed by atoms with E-state index in [0.717, 1.165) is 54.0 Å². The molecular formula is C25H32N4O5S. The summed E-state index contributed by atoms with van der Waals surface area (Å²) >= 11 is 0. The fourth-order valence-corrected chi connectivity index (χ4v) is 4.50. The fraction of sp³-hybridized carbons (Fsp3) is 0.400. The summed E-state index contributed by atoms with van der Waals surface area (Å²) in [6, 6.07) is 12.1. The molecule has 2 aromatic carbocycles. The number of nitrogens with zero attached hydrogens (tertiary/aromatic N) is 3. The van der Waals surface area contributed by atoms with E-state index >= 15 is 0 Å². The van der Waals surface area contributed by atoms with Crippen LogP contribution in [0.1, 0.15) is 36.0 Å². The van der Waals surface area contributed by atoms with Crippen molar-refractivity contribution in [3.63, 3.8) is 0 Å². The van der Waals surface area contributed by atoms with Gasteiger partial charge in [0.05, 0.1) is 18.2 Å². The number of hydrazone groups is 1. The van der Waals surface area contributed by atoms with Gasteiger partial charge in [0.2, 0.25) is 10.0 Å². The Balaban J connectivity index is 1.51. The van der Waals surface area contributed by atoms with Gasteiger partial charge in [0, 0.05) is 13.1 Å². The maximum atomic E-state index is 12.4. The molecule has 3 rings (SSSR count). The van der Waals surface area contributed by atoms with Gasteiger partial charge in [0.25, 0.3) is 11.8 Å². The van der Waals surface area contributed by atoms with Crippen molar-refractivity contribution in [2.24, 2.45) is 5.10 Å². The van der Waals surface area contributed by atoms with E-state index in [1.807, 2.05) is 24.8 Å². The number of nitrogens with one attached hydrogen (secondary N) is 1. The fourth-order valence-electron chi connectivity index (χ4n) is 3.66. The molecule has 10 heteroatoms. The van der Waals surface area contributed by atoms with Gasteiger partial charge in [-0.3, -0.25) is 13.9 Å². The van der Waals surface area contributed by atoms with Gasteiger partial charge in [-0.05, 0) is 86.2 Å². The molecule has 0 saturated carbocycles. The minimum atomic E-state index is -3.66. The maximum absolute atomic E-state index is 12.4. The molecule has 0 bridgehead atoms. The number of sulfonamides is 1. The van der Waals surface area contributed by atoms with Crippen LogP contribution < -0.4 is 14.5 Å². The molecule has 188 valence electrons. The molecule has 1 fully saturated rings. The van der Waals surface area contributed by atoms with Crippen molar-refractivity contribution in [3.05, 3.63) is 59.2 Å². The van der Waals surface area contributed by atoms with Crippen LogP contribution in [0.5, 0.6) is 5.75 Å². The summed E-state index contributed by atoms with van der Waals surface area (Å²) in [6.07, 6.45) is 5.74. The summed E-state index contributed by atoms with van der Waals surface area (Å²) in [4.78, 5) is 26.4. The van der Waals surface area contributed by atoms with Crippen LogP contribution in [0.2, 0.25) is 0 Å². The molecule has 1 heterocycles. The largest absolute Gasteiger partial charge is 0.484 e. The van der Waals surface area contributed by atoms with Crippen molar-refractivity contribution in [1.82, 2.24) is 10.3 Å². The van der Waals surface area contributed by atoms with Gasteiger partial charge >= 0.3 is 0 Å². The van der Waals surface area contributed by atoms with Crippen LogP contribution in [0.4, 0.5) is 5.69 Å². The number of hydrogen-bond donors (Lipinski definition) is 1. The molecule has 9 nitrogen and oxygen atoms in total. The van der Waals surface area contributed by atoms with E-state index in [1.54, 1.807) is 36.4 Å². The smallest absolute Gasteiger partial charge is 0.260 e. The third kappa shape index (κ3) is 7.81. The van der Waals surface area contributed by atoms with Gasteiger partial charge < -0.3 is 9.64 Å². The Kier molecular flexibility index (Phi) is 8.86. The van der Waals surface area contributed by atoms with E-state index in [4.69, 9.17) is 4.74 Å². The zero-order valence-electron chi connectivity index (χ0n) is 20.4. The first-order chi connectivity index (χ1) is 16.6. The van der Waals surface area contributed by atoms with Gasteiger partial charge in [-0.1, -0.05) is 6.07 Å². The summed E-state index contributed by atoms with van der Waals surface area (Å²) in [5.74, 6) is -0.0169. The highest BCUT2D eigenvalue weighted by Crippen LogP contribution is 2.21. The molecule has 1 aliphatic rings. The first-order valence-corrected chi connectivity index (χ1v) is 13.4. The van der Waals surface area contributed by atoms with Crippen molar-refractivity contribution in [2.45, 2.75) is 33.1 Å². The number of benzene rings is 2. The molecule has 1 N–H and O–H groups in total. The lowest BCUT2D eigenvalue weighted by molar-refractivity contribution is -0.134. The molecular weight excluding hydrogens is 468 g/mol. The molecule has 1 saturated heterocycles. The highest BCUT2D eigenvalue weighted by atomic mass is 32.2. The number of piperidine rings is 1. The summed E-state index contributed by atoms with van der Waals surface area (Å²) in [6.45, 7) is 4.99. The number of amides is 2. The molecule has 35 heavy (non-hydrogen) atoms. The van der Waals surface area contributed by atoms with Crippen LogP contribution in [0, 0.1) is 13.8 Å². The van der Waals surface area contributed by atoms with Crippen molar-refractivity contribution in [2.75, 3.05) is 36.8 Å². The average molecular weight is 501 g/mol. The van der Waals surface area contributed by atoms with Crippen LogP contribution >= 0.6 is 0 Å². The molecule has 0 radical (unpaired) electrons. The predicted octanol–water partition coefficient (Wildman–Crippen LogP) is 2.61. The van der Waals surface area contributed by atoms with E-state index < -0.39 is 22.5 Å². The highest BCUT2D eigenvalue weighted by molar-refractivity contribution is 7.92. The van der Waals surface area contributed by atoms with E-state index in [1.165, 1.54) is 6.21 Å². The van der Waals surface area contributed by atoms with Crippen LogP contribution in [0.25, 0.3) is 0 Å². The quantitative estimate of drug-likeness (QED) is 0.421. The first kappa shape index (κ1) is 26.2. The number of ether oxygens (including phenoxy) is 1. The minimum Gasteiger partial charge on any atom is -0.484 e. The SMILES string of the molecule is Cc1ccc(N(CC(=O)N/N=C\c2ccc(OCC(=O)N3CCCCC3)cc2)S(C)(=O)=O)cc1C. The van der Waals surface area contributed by atoms with Gasteiger partial charge in [-0.2, -0.15) is 5.10 Å². The average Bonchev–Trinajstić information content (AvgIpc) is 2.83. The Morgan fingerprint density at radius 1 is 1.06 bits per heavy atom. The predicted molar refractivity (Wildman–Crippen MR) is 136 cm³/mol. The Morgan fingerprint density at radius 2 is 1.74 bits per heavy atom. The zero-order chi connectivity index (χ0) is 25.4. The molecule has 0 aromatic heterocycles. The Labute approximate surface area is 206 Å². The zero-order valence-corrected chi connectivity index (χ0v) is 21.2. The maximum Gasteiger partial charge on any atom is 0.260 e. The highest BCUT2D eigenvalue weighted by Gasteiger charge is 2.21. The van der Waals surface area contributed by atoms with E-state index in [0.29, 0.717) is 17.0 Å². The Bertz CT molecular complexity index is 1170. The topological polar surface area (TPSA) is 108 Å². The Hall–Kier alpha value is -3.40. The lowest BCUT2D eigenvalue weighted by atomic mass is 10.1. The molecule has 0 unspecified atom stereocenters. The number of hydrogen-bond acceptors (Lipinski definition) is 6. The third-order valence-corrected chi connectivity index (χ3v) is 6.96. The minimum absolute atomic E-state index is 0.000831. The second-order valence-electron chi connectivity index (χ2n) is 8.63. The molecule has 2 amide bonds. The molecule has 0 atom stereocenters. The van der Waals surface area contributed by atoms with Gasteiger partial charge in [0.15, 0.2) is 6.61 Å². The van der Waals surface area contributed by atoms with Gasteiger partial charge in [-0.15, -0.1) is 0 Å². The second-order valence-corrected chi connectivity index (χ2v) is 10.5. The summed E-state index contributed by atoms with van der Waals surface area (Å²) in [5.41, 5.74) is 5.44. The second kappa shape index (κ2) is 11.8. The lowest BCUT2D eigenvalue weighted by Gasteiger charge is -2.26. The van der Waals surface area contributed by atoms with Crippen LogP contribution in [0.3, 0.4) is 0 Å². The third-order valence-electron chi connectivity index (χ3n) is 5.82. The number of likely N-dealkylation sites (tertiary alicyclic amines) is 1. The summed E-state index contributed by atoms with van der Waals surface area (Å²) in [7, 11) is -3.66. The summed E-state index contributed by atoms with van der Waals surface area (Å²) < 4.78 is 31.1. The van der Waals surface area contributed by atoms with Crippen LogP contribution in [-0.2, 0) is 19.6 Å². The normalized spacial score (nSPS) is 14.1. The monoisotopic (exact) mass is 500 g/mol. The van der Waals surface area contributed by atoms with Gasteiger partial charge in [-0.25, -0.2) is 13.8 Å². The van der Waals surface area contributed by atoms with E-state index in [2.05, 4.69) is 10.5 Å². The van der Waals surface area contributed by atoms with Crippen LogP contribution in [-0.4, -0.2) is 63.8 Å². The molecule has 1 aliphatic heterocycles. The number of rotatable bonds is 9. The van der Waals surface area contributed by atoms with Crippen molar-refractivity contribution in [3.8, 4) is 5.75 Å². The molecule has 0 aliphatic carbocycles. The van der Waals surface area contributed by atoms with Crippen molar-refractivity contribution >= 4 is 33.7 Å². The van der Waals surface area contributed by atoms with E-state index in [-0.39, 0.29) is 12.5 Å². The number of carbonyl (C=O) groups is 2. The molecule has 0 spiro atoms. The van der Waals surface area contributed by atoms with Crippen molar-refractivity contribution < 1.29 is 22.7 Å². The summed E-state index contributed by atoms with van der Waals surface area (Å²) in [5, 5.41) is 3.92. The number of aryl methyl sites for hydroxylation is 2. The molecule has 2 aromatic rings. The number of carbonyl (C=O) groups excluding carboxylic acids is 2. The number of anilines is 1. The van der Waals surface area contributed by atoms with Crippen molar-refractivity contribution in [1.29, 1.82) is 0 Å². The standard InChI is InChI=1S/C25H32N4O5S/c1-19-7-10-22(15-20(19)2)29(35(3,32)33)17-24(30)27-26-16-21-8-11-23(12-9-21)34-18-25(31)28-13-5-4-6-14-28/h7-12,15-16H,4-6,13-14,17-18H2,1-3H3,(H,27,30)/b26-16-.